The number of Topliss-reactive ketones (excluding diaryl/α,β-unsaturated/α-hetero) is 1. The molecule has 2 aromatic rings. The van der Waals surface area contributed by atoms with Crippen molar-refractivity contribution in [2.45, 2.75) is 26.2 Å². The first-order chi connectivity index (χ1) is 8.97. The Hall–Kier alpha value is -1.61. The molecule has 2 rings (SSSR count). The zero-order valence-electron chi connectivity index (χ0n) is 11.5. The Kier molecular flexibility index (Phi) is 4.05. The van der Waals surface area contributed by atoms with E-state index in [1.54, 1.807) is 0 Å². The molecule has 0 aliphatic rings. The second-order valence-electron chi connectivity index (χ2n) is 5.47. The monoisotopic (exact) mass is 274 g/mol. The second-order valence-corrected chi connectivity index (χ2v) is 6.41. The van der Waals surface area contributed by atoms with Gasteiger partial charge in [-0.2, -0.15) is 0 Å². The summed E-state index contributed by atoms with van der Waals surface area (Å²) in [6.45, 7) is 6.56. The average Bonchev–Trinajstić information content (AvgIpc) is 2.89. The highest BCUT2D eigenvalue weighted by Gasteiger charge is 2.14. The molecule has 0 aliphatic heterocycles. The number of ketones is 1. The van der Waals surface area contributed by atoms with E-state index in [2.05, 4.69) is 26.8 Å². The van der Waals surface area contributed by atoms with Gasteiger partial charge in [0, 0.05) is 0 Å². The number of benzene rings is 1. The van der Waals surface area contributed by atoms with Gasteiger partial charge < -0.3 is 4.74 Å². The minimum Gasteiger partial charge on any atom is -0.485 e. The Labute approximate surface area is 118 Å². The molecule has 0 N–H and O–H groups in total. The SMILES string of the molecule is CC(C)(C)c1cccc(OCC(=O)c2cccs2)c1. The number of carbonyl (C=O) groups excluding carboxylic acids is 1. The molecule has 0 radical (unpaired) electrons. The maximum Gasteiger partial charge on any atom is 0.210 e. The van der Waals surface area contributed by atoms with Crippen LogP contribution >= 0.6 is 11.3 Å². The number of carbonyl (C=O) groups is 1. The largest absolute Gasteiger partial charge is 0.485 e. The number of rotatable bonds is 4. The van der Waals surface area contributed by atoms with Crippen LogP contribution in [0.4, 0.5) is 0 Å². The van der Waals surface area contributed by atoms with Crippen LogP contribution in [0, 0.1) is 0 Å². The minimum absolute atomic E-state index is 0.0242. The average molecular weight is 274 g/mol. The smallest absolute Gasteiger partial charge is 0.210 e. The first-order valence-corrected chi connectivity index (χ1v) is 7.15. The van der Waals surface area contributed by atoms with E-state index in [-0.39, 0.29) is 17.8 Å². The first-order valence-electron chi connectivity index (χ1n) is 6.27. The molecule has 3 heteroatoms. The molecule has 19 heavy (non-hydrogen) atoms. The fourth-order valence-electron chi connectivity index (χ4n) is 1.71. The fourth-order valence-corrected chi connectivity index (χ4v) is 2.36. The molecule has 0 aliphatic carbocycles. The molecule has 0 bridgehead atoms. The molecule has 1 heterocycles. The van der Waals surface area contributed by atoms with Crippen LogP contribution in [0.5, 0.6) is 5.75 Å². The quantitative estimate of drug-likeness (QED) is 0.777. The van der Waals surface area contributed by atoms with Crippen molar-refractivity contribution in [2.24, 2.45) is 0 Å². The van der Waals surface area contributed by atoms with Gasteiger partial charge in [0.15, 0.2) is 6.61 Å². The van der Waals surface area contributed by atoms with Crippen molar-refractivity contribution >= 4 is 17.1 Å². The van der Waals surface area contributed by atoms with Crippen molar-refractivity contribution in [1.29, 1.82) is 0 Å². The predicted molar refractivity (Wildman–Crippen MR) is 79.3 cm³/mol. The fraction of sp³-hybridized carbons (Fsp3) is 0.312. The Morgan fingerprint density at radius 2 is 2.00 bits per heavy atom. The summed E-state index contributed by atoms with van der Waals surface area (Å²) < 4.78 is 5.58. The van der Waals surface area contributed by atoms with Crippen molar-refractivity contribution in [3.63, 3.8) is 0 Å². The second kappa shape index (κ2) is 5.57. The Balaban J connectivity index is 2.02. The van der Waals surface area contributed by atoms with Gasteiger partial charge in [-0.15, -0.1) is 11.3 Å². The van der Waals surface area contributed by atoms with E-state index in [4.69, 9.17) is 4.74 Å². The van der Waals surface area contributed by atoms with Crippen molar-refractivity contribution in [1.82, 2.24) is 0 Å². The van der Waals surface area contributed by atoms with Gasteiger partial charge in [0.05, 0.1) is 4.88 Å². The van der Waals surface area contributed by atoms with Gasteiger partial charge in [-0.25, -0.2) is 0 Å². The molecule has 0 saturated carbocycles. The lowest BCUT2D eigenvalue weighted by molar-refractivity contribution is 0.0925. The summed E-state index contributed by atoms with van der Waals surface area (Å²) >= 11 is 1.44. The van der Waals surface area contributed by atoms with Gasteiger partial charge in [0.1, 0.15) is 5.75 Å². The van der Waals surface area contributed by atoms with E-state index < -0.39 is 0 Å². The van der Waals surface area contributed by atoms with Gasteiger partial charge in [0.25, 0.3) is 0 Å². The van der Waals surface area contributed by atoms with Crippen LogP contribution in [0.25, 0.3) is 0 Å². The van der Waals surface area contributed by atoms with E-state index >= 15 is 0 Å². The van der Waals surface area contributed by atoms with Crippen LogP contribution in [0.1, 0.15) is 36.0 Å². The van der Waals surface area contributed by atoms with E-state index in [9.17, 15) is 4.79 Å². The highest BCUT2D eigenvalue weighted by molar-refractivity contribution is 7.12. The van der Waals surface area contributed by atoms with Crippen LogP contribution in [0.15, 0.2) is 41.8 Å². The van der Waals surface area contributed by atoms with Crippen molar-refractivity contribution in [3.8, 4) is 5.75 Å². The van der Waals surface area contributed by atoms with Crippen LogP contribution in [-0.2, 0) is 5.41 Å². The molecule has 0 atom stereocenters. The molecule has 1 aromatic heterocycles. The summed E-state index contributed by atoms with van der Waals surface area (Å²) in [5, 5.41) is 1.90. The third-order valence-corrected chi connectivity index (χ3v) is 3.78. The zero-order chi connectivity index (χ0) is 13.9. The lowest BCUT2D eigenvalue weighted by atomic mass is 9.87. The number of hydrogen-bond acceptors (Lipinski definition) is 3. The normalized spacial score (nSPS) is 11.3. The van der Waals surface area contributed by atoms with Crippen LogP contribution in [0.2, 0.25) is 0 Å². The van der Waals surface area contributed by atoms with Crippen molar-refractivity contribution in [3.05, 3.63) is 52.2 Å². The highest BCUT2D eigenvalue weighted by Crippen LogP contribution is 2.25. The maximum atomic E-state index is 11.8. The van der Waals surface area contributed by atoms with Gasteiger partial charge in [-0.3, -0.25) is 4.79 Å². The highest BCUT2D eigenvalue weighted by atomic mass is 32.1. The topological polar surface area (TPSA) is 26.3 Å². The molecule has 100 valence electrons. The standard InChI is InChI=1S/C16H18O2S/c1-16(2,3)12-6-4-7-13(10-12)18-11-14(17)15-8-5-9-19-15/h4-10H,11H2,1-3H3. The van der Waals surface area contributed by atoms with Crippen LogP contribution < -0.4 is 4.74 Å². The van der Waals surface area contributed by atoms with E-state index in [1.165, 1.54) is 16.9 Å². The first kappa shape index (κ1) is 13.8. The molecule has 0 saturated heterocycles. The summed E-state index contributed by atoms with van der Waals surface area (Å²) in [6, 6.07) is 11.6. The zero-order valence-corrected chi connectivity index (χ0v) is 12.3. The van der Waals surface area contributed by atoms with Crippen molar-refractivity contribution < 1.29 is 9.53 Å². The molecular formula is C16H18O2S. The third kappa shape index (κ3) is 3.67. The predicted octanol–water partition coefficient (Wildman–Crippen LogP) is 4.31. The van der Waals surface area contributed by atoms with E-state index in [1.807, 2.05) is 35.7 Å². The summed E-state index contributed by atoms with van der Waals surface area (Å²) in [5.74, 6) is 0.772. The minimum atomic E-state index is 0.0242. The molecule has 0 amide bonds. The van der Waals surface area contributed by atoms with Gasteiger partial charge in [0.2, 0.25) is 5.78 Å². The molecular weight excluding hydrogens is 256 g/mol. The number of hydrogen-bond donors (Lipinski definition) is 0. The van der Waals surface area contributed by atoms with E-state index in [0.717, 1.165) is 10.6 Å². The molecule has 1 aromatic carbocycles. The van der Waals surface area contributed by atoms with Gasteiger partial charge >= 0.3 is 0 Å². The Morgan fingerprint density at radius 3 is 2.63 bits per heavy atom. The Bertz CT molecular complexity index is 550. The molecule has 2 nitrogen and oxygen atoms in total. The van der Waals surface area contributed by atoms with Gasteiger partial charge in [-0.05, 0) is 34.6 Å². The summed E-state index contributed by atoms with van der Waals surface area (Å²) in [7, 11) is 0. The van der Waals surface area contributed by atoms with Crippen LogP contribution in [-0.4, -0.2) is 12.4 Å². The van der Waals surface area contributed by atoms with E-state index in [0.29, 0.717) is 0 Å². The molecule has 0 spiro atoms. The van der Waals surface area contributed by atoms with Crippen molar-refractivity contribution in [2.75, 3.05) is 6.61 Å². The van der Waals surface area contributed by atoms with Crippen LogP contribution in [0.3, 0.4) is 0 Å². The summed E-state index contributed by atoms with van der Waals surface area (Å²) in [6.07, 6.45) is 0. The maximum absolute atomic E-state index is 11.8. The summed E-state index contributed by atoms with van der Waals surface area (Å²) in [5.41, 5.74) is 1.28. The molecule has 0 fully saturated rings. The lowest BCUT2D eigenvalue weighted by Gasteiger charge is -2.19. The number of ether oxygens (including phenoxy) is 1. The lowest BCUT2D eigenvalue weighted by Crippen LogP contribution is -2.13. The Morgan fingerprint density at radius 1 is 1.21 bits per heavy atom. The number of thiophene rings is 1. The van der Waals surface area contributed by atoms with Gasteiger partial charge in [-0.1, -0.05) is 39.0 Å². The molecule has 0 unspecified atom stereocenters. The third-order valence-electron chi connectivity index (χ3n) is 2.87. The summed E-state index contributed by atoms with van der Waals surface area (Å²) in [4.78, 5) is 12.6.